The summed E-state index contributed by atoms with van der Waals surface area (Å²) in [7, 11) is 0. The van der Waals surface area contributed by atoms with E-state index >= 15 is 0 Å². The van der Waals surface area contributed by atoms with E-state index in [0.29, 0.717) is 24.3 Å². The highest BCUT2D eigenvalue weighted by atomic mass is 16.6. The minimum Gasteiger partial charge on any atom is -0.463 e. The molecule has 0 radical (unpaired) electrons. The molecule has 2 N–H and O–H groups in total. The summed E-state index contributed by atoms with van der Waals surface area (Å²) < 4.78 is 15.6. The molecule has 0 unspecified atom stereocenters. The van der Waals surface area contributed by atoms with Crippen molar-refractivity contribution in [3.05, 3.63) is 29.8 Å². The molecule has 2 rings (SSSR count). The van der Waals surface area contributed by atoms with Gasteiger partial charge in [-0.25, -0.2) is 14.4 Å². The van der Waals surface area contributed by atoms with Crippen LogP contribution in [0.1, 0.15) is 25.8 Å². The fourth-order valence-electron chi connectivity index (χ4n) is 3.07. The number of aliphatic hydroxyl groups excluding tert-OH is 1. The van der Waals surface area contributed by atoms with Gasteiger partial charge < -0.3 is 24.6 Å². The second kappa shape index (κ2) is 10.8. The van der Waals surface area contributed by atoms with Crippen molar-refractivity contribution >= 4 is 23.7 Å². The average molecular weight is 408 g/mol. The monoisotopic (exact) mass is 408 g/mol. The number of aliphatic hydroxyl groups is 1. The van der Waals surface area contributed by atoms with Crippen LogP contribution in [0.3, 0.4) is 0 Å². The third-order valence-electron chi connectivity index (χ3n) is 4.43. The van der Waals surface area contributed by atoms with Gasteiger partial charge in [-0.15, -0.1) is 0 Å². The van der Waals surface area contributed by atoms with E-state index in [-0.39, 0.29) is 38.9 Å². The maximum absolute atomic E-state index is 12.7. The summed E-state index contributed by atoms with van der Waals surface area (Å²) >= 11 is 0. The Hall–Kier alpha value is -2.65. The molecule has 0 saturated carbocycles. The van der Waals surface area contributed by atoms with Crippen LogP contribution in [0.15, 0.2) is 24.3 Å². The number of hydrogen-bond donors (Lipinski definition) is 2. The topological polar surface area (TPSA) is 114 Å². The molecule has 0 bridgehead atoms. The molecular formula is C20H28N2O7. The number of hydrogen-bond acceptors (Lipinski definition) is 7. The van der Waals surface area contributed by atoms with Gasteiger partial charge in [-0.05, 0) is 38.0 Å². The standard InChI is InChI=1S/C20H28N2O7/c1-3-27-17(24)20(29-13-12-23,18(25)28-4-2)14-15-6-8-16(9-7-15)22-11-5-10-21-19(22)26/h6-9,23H,3-5,10-14H2,1-2H3,(H,21,26). The van der Waals surface area contributed by atoms with Crippen LogP contribution in [0.2, 0.25) is 0 Å². The largest absolute Gasteiger partial charge is 0.463 e. The molecule has 1 aliphatic heterocycles. The number of nitrogens with one attached hydrogen (secondary N) is 1. The molecule has 9 nitrogen and oxygen atoms in total. The SMILES string of the molecule is CCOC(=O)C(Cc1ccc(N2CCCNC2=O)cc1)(OCCO)C(=O)OCC. The third kappa shape index (κ3) is 5.45. The lowest BCUT2D eigenvalue weighted by atomic mass is 9.93. The molecule has 0 aromatic heterocycles. The Morgan fingerprint density at radius 1 is 1.14 bits per heavy atom. The van der Waals surface area contributed by atoms with E-state index < -0.39 is 17.5 Å². The van der Waals surface area contributed by atoms with E-state index in [1.165, 1.54) is 0 Å². The minimum atomic E-state index is -2.02. The fraction of sp³-hybridized carbons (Fsp3) is 0.550. The molecule has 0 spiro atoms. The predicted octanol–water partition coefficient (Wildman–Crippen LogP) is 1.02. The summed E-state index contributed by atoms with van der Waals surface area (Å²) in [5.41, 5.74) is -0.691. The first kappa shape index (κ1) is 22.6. The number of amides is 2. The summed E-state index contributed by atoms with van der Waals surface area (Å²) in [6.45, 7) is 4.03. The molecule has 9 heteroatoms. The van der Waals surface area contributed by atoms with Gasteiger partial charge in [0.25, 0.3) is 5.60 Å². The molecule has 1 heterocycles. The number of rotatable bonds is 10. The van der Waals surface area contributed by atoms with Crippen molar-refractivity contribution in [2.45, 2.75) is 32.3 Å². The number of carbonyl (C=O) groups excluding carboxylic acids is 3. The van der Waals surface area contributed by atoms with Gasteiger partial charge in [-0.1, -0.05) is 12.1 Å². The number of anilines is 1. The summed E-state index contributed by atoms with van der Waals surface area (Å²) in [4.78, 5) is 38.9. The van der Waals surface area contributed by atoms with Crippen molar-refractivity contribution in [1.82, 2.24) is 5.32 Å². The number of ether oxygens (including phenoxy) is 3. The first-order chi connectivity index (χ1) is 14.0. The van der Waals surface area contributed by atoms with Gasteiger partial charge in [0.2, 0.25) is 0 Å². The van der Waals surface area contributed by atoms with Gasteiger partial charge in [-0.3, -0.25) is 4.90 Å². The quantitative estimate of drug-likeness (QED) is 0.439. The molecule has 29 heavy (non-hydrogen) atoms. The van der Waals surface area contributed by atoms with E-state index in [1.54, 1.807) is 43.0 Å². The van der Waals surface area contributed by atoms with Crippen LogP contribution in [0.5, 0.6) is 0 Å². The van der Waals surface area contributed by atoms with Crippen LogP contribution in [0.4, 0.5) is 10.5 Å². The number of urea groups is 1. The van der Waals surface area contributed by atoms with Crippen LogP contribution in [0.25, 0.3) is 0 Å². The van der Waals surface area contributed by atoms with Crippen LogP contribution in [-0.4, -0.2) is 68.2 Å². The Bertz CT molecular complexity index is 687. The number of carbonyl (C=O) groups is 3. The third-order valence-corrected chi connectivity index (χ3v) is 4.43. The van der Waals surface area contributed by atoms with Gasteiger partial charge in [0.15, 0.2) is 0 Å². The maximum atomic E-state index is 12.7. The van der Waals surface area contributed by atoms with Crippen molar-refractivity contribution in [1.29, 1.82) is 0 Å². The molecule has 2 amide bonds. The fourth-order valence-corrected chi connectivity index (χ4v) is 3.07. The maximum Gasteiger partial charge on any atom is 0.350 e. The van der Waals surface area contributed by atoms with E-state index in [1.807, 2.05) is 0 Å². The van der Waals surface area contributed by atoms with Gasteiger partial charge in [0.05, 0.1) is 26.4 Å². The molecule has 1 aliphatic rings. The summed E-state index contributed by atoms with van der Waals surface area (Å²) in [6, 6.07) is 6.75. The van der Waals surface area contributed by atoms with E-state index in [4.69, 9.17) is 19.3 Å². The molecule has 1 aromatic carbocycles. The van der Waals surface area contributed by atoms with E-state index in [2.05, 4.69) is 5.32 Å². The highest BCUT2D eigenvalue weighted by molar-refractivity contribution is 6.04. The first-order valence-corrected chi connectivity index (χ1v) is 9.72. The number of nitrogens with zero attached hydrogens (tertiary/aromatic N) is 1. The Balaban J connectivity index is 2.29. The Labute approximate surface area is 169 Å². The Morgan fingerprint density at radius 2 is 1.76 bits per heavy atom. The van der Waals surface area contributed by atoms with Crippen molar-refractivity contribution in [2.24, 2.45) is 0 Å². The Morgan fingerprint density at radius 3 is 2.28 bits per heavy atom. The molecular weight excluding hydrogens is 380 g/mol. The molecule has 1 saturated heterocycles. The van der Waals surface area contributed by atoms with Crippen molar-refractivity contribution < 1.29 is 33.7 Å². The van der Waals surface area contributed by atoms with Crippen LogP contribution < -0.4 is 10.2 Å². The lowest BCUT2D eigenvalue weighted by molar-refractivity contribution is -0.191. The number of esters is 2. The van der Waals surface area contributed by atoms with Gasteiger partial charge in [0, 0.05) is 25.2 Å². The molecule has 1 fully saturated rings. The summed E-state index contributed by atoms with van der Waals surface area (Å²) in [5, 5.41) is 11.9. The summed E-state index contributed by atoms with van der Waals surface area (Å²) in [5.74, 6) is -1.74. The summed E-state index contributed by atoms with van der Waals surface area (Å²) in [6.07, 6.45) is 0.717. The molecule has 0 aliphatic carbocycles. The second-order valence-corrected chi connectivity index (χ2v) is 6.42. The van der Waals surface area contributed by atoms with Crippen LogP contribution in [0, 0.1) is 0 Å². The lowest BCUT2D eigenvalue weighted by Crippen LogP contribution is -2.53. The van der Waals surface area contributed by atoms with Crippen LogP contribution >= 0.6 is 0 Å². The zero-order valence-electron chi connectivity index (χ0n) is 16.8. The average Bonchev–Trinajstić information content (AvgIpc) is 2.72. The Kier molecular flexibility index (Phi) is 8.41. The second-order valence-electron chi connectivity index (χ2n) is 6.42. The smallest absolute Gasteiger partial charge is 0.350 e. The predicted molar refractivity (Wildman–Crippen MR) is 105 cm³/mol. The first-order valence-electron chi connectivity index (χ1n) is 9.72. The minimum absolute atomic E-state index is 0.0610. The van der Waals surface area contributed by atoms with Gasteiger partial charge in [-0.2, -0.15) is 0 Å². The van der Waals surface area contributed by atoms with Crippen molar-refractivity contribution in [3.63, 3.8) is 0 Å². The van der Waals surface area contributed by atoms with E-state index in [0.717, 1.165) is 6.42 Å². The van der Waals surface area contributed by atoms with Crippen molar-refractivity contribution in [2.75, 3.05) is 44.4 Å². The van der Waals surface area contributed by atoms with Crippen LogP contribution in [-0.2, 0) is 30.2 Å². The number of benzene rings is 1. The van der Waals surface area contributed by atoms with E-state index in [9.17, 15) is 14.4 Å². The van der Waals surface area contributed by atoms with Gasteiger partial charge >= 0.3 is 18.0 Å². The zero-order valence-corrected chi connectivity index (χ0v) is 16.8. The lowest BCUT2D eigenvalue weighted by Gasteiger charge is -2.30. The molecule has 1 aromatic rings. The molecule has 0 atom stereocenters. The van der Waals surface area contributed by atoms with Gasteiger partial charge in [0.1, 0.15) is 0 Å². The highest BCUT2D eigenvalue weighted by Crippen LogP contribution is 2.25. The molecule has 160 valence electrons. The highest BCUT2D eigenvalue weighted by Gasteiger charge is 2.50. The zero-order chi connectivity index (χ0) is 21.3. The van der Waals surface area contributed by atoms with Crippen molar-refractivity contribution in [3.8, 4) is 0 Å². The normalized spacial score (nSPS) is 14.3.